The average Bonchev–Trinajstić information content (AvgIpc) is 2.67. The summed E-state index contributed by atoms with van der Waals surface area (Å²) >= 11 is 3.50. The van der Waals surface area contributed by atoms with E-state index in [4.69, 9.17) is 10.5 Å². The van der Waals surface area contributed by atoms with Crippen LogP contribution in [0.5, 0.6) is 5.75 Å². The third-order valence-corrected chi connectivity index (χ3v) is 3.02. The lowest BCUT2D eigenvalue weighted by Gasteiger charge is -2.07. The predicted molar refractivity (Wildman–Crippen MR) is 66.4 cm³/mol. The van der Waals surface area contributed by atoms with E-state index in [1.165, 1.54) is 0 Å². The number of ether oxygens (including phenoxy) is 1. The summed E-state index contributed by atoms with van der Waals surface area (Å²) in [6.45, 7) is 0.662. The topological polar surface area (TPSA) is 53.1 Å². The van der Waals surface area contributed by atoms with Crippen molar-refractivity contribution in [1.29, 1.82) is 0 Å². The zero-order chi connectivity index (χ0) is 11.5. The molecule has 1 heterocycles. The number of nitrogen functional groups attached to an aromatic ring is 1. The first-order valence-electron chi connectivity index (χ1n) is 4.80. The molecule has 1 aromatic carbocycles. The second kappa shape index (κ2) is 4.57. The zero-order valence-electron chi connectivity index (χ0n) is 8.85. The number of anilines is 1. The van der Waals surface area contributed by atoms with E-state index in [1.807, 2.05) is 24.4 Å². The van der Waals surface area contributed by atoms with Crippen molar-refractivity contribution < 1.29 is 4.74 Å². The van der Waals surface area contributed by atoms with Gasteiger partial charge in [-0.05, 0) is 29.8 Å². The summed E-state index contributed by atoms with van der Waals surface area (Å²) in [6, 6.07) is 7.61. The van der Waals surface area contributed by atoms with Crippen LogP contribution in [0, 0.1) is 0 Å². The highest BCUT2D eigenvalue weighted by molar-refractivity contribution is 9.10. The molecule has 16 heavy (non-hydrogen) atoms. The lowest BCUT2D eigenvalue weighted by molar-refractivity contribution is 0.414. The number of nitrogens with zero attached hydrogens (tertiary/aromatic N) is 2. The minimum Gasteiger partial charge on any atom is -0.497 e. The molecule has 0 atom stereocenters. The van der Waals surface area contributed by atoms with Gasteiger partial charge in [-0.1, -0.05) is 15.9 Å². The van der Waals surface area contributed by atoms with Gasteiger partial charge in [0.05, 0.1) is 13.7 Å². The summed E-state index contributed by atoms with van der Waals surface area (Å²) in [5, 5.41) is 4.14. The molecule has 0 bridgehead atoms. The predicted octanol–water partition coefficient (Wildman–Crippen LogP) is 2.28. The number of rotatable bonds is 3. The summed E-state index contributed by atoms with van der Waals surface area (Å²) in [6.07, 6.45) is 1.85. The van der Waals surface area contributed by atoms with Gasteiger partial charge in [-0.15, -0.1) is 0 Å². The molecule has 5 heteroatoms. The fourth-order valence-corrected chi connectivity index (χ4v) is 1.81. The first kappa shape index (κ1) is 11.0. The van der Waals surface area contributed by atoms with Crippen LogP contribution in [-0.2, 0) is 6.54 Å². The normalized spacial score (nSPS) is 10.4. The third-order valence-electron chi connectivity index (χ3n) is 2.25. The summed E-state index contributed by atoms with van der Waals surface area (Å²) < 4.78 is 7.99. The number of hydrogen-bond acceptors (Lipinski definition) is 3. The van der Waals surface area contributed by atoms with Crippen LogP contribution in [0.4, 0.5) is 5.82 Å². The van der Waals surface area contributed by atoms with Crippen molar-refractivity contribution >= 4 is 21.7 Å². The molecule has 0 saturated heterocycles. The van der Waals surface area contributed by atoms with Gasteiger partial charge in [-0.3, -0.25) is 4.68 Å². The molecule has 0 unspecified atom stereocenters. The lowest BCUT2D eigenvalue weighted by Crippen LogP contribution is -2.02. The van der Waals surface area contributed by atoms with Crippen molar-refractivity contribution in [2.75, 3.05) is 12.8 Å². The van der Waals surface area contributed by atoms with Crippen molar-refractivity contribution in [2.24, 2.45) is 0 Å². The largest absolute Gasteiger partial charge is 0.497 e. The Kier molecular flexibility index (Phi) is 3.14. The molecule has 0 amide bonds. The van der Waals surface area contributed by atoms with E-state index in [0.29, 0.717) is 12.4 Å². The number of benzene rings is 1. The number of hydrogen-bond donors (Lipinski definition) is 1. The SMILES string of the molecule is COc1ccc(Br)c(Cn2ccc(N)n2)c1. The van der Waals surface area contributed by atoms with Gasteiger partial charge in [0, 0.05) is 10.7 Å². The van der Waals surface area contributed by atoms with Crippen LogP contribution in [0.25, 0.3) is 0 Å². The molecular formula is C11H12BrN3O. The van der Waals surface area contributed by atoms with E-state index in [2.05, 4.69) is 21.0 Å². The molecule has 1 aromatic heterocycles. The van der Waals surface area contributed by atoms with E-state index in [1.54, 1.807) is 17.9 Å². The Hall–Kier alpha value is -1.49. The molecule has 2 rings (SSSR count). The van der Waals surface area contributed by atoms with E-state index < -0.39 is 0 Å². The van der Waals surface area contributed by atoms with Crippen molar-refractivity contribution in [3.8, 4) is 5.75 Å². The summed E-state index contributed by atoms with van der Waals surface area (Å²) in [5.74, 6) is 1.36. The van der Waals surface area contributed by atoms with Gasteiger partial charge in [0.15, 0.2) is 0 Å². The number of nitrogens with two attached hydrogens (primary N) is 1. The zero-order valence-corrected chi connectivity index (χ0v) is 10.4. The summed E-state index contributed by atoms with van der Waals surface area (Å²) in [7, 11) is 1.65. The standard InChI is InChI=1S/C11H12BrN3O/c1-16-9-2-3-10(12)8(6-9)7-15-5-4-11(13)14-15/h2-6H,7H2,1H3,(H2,13,14). The number of methoxy groups -OCH3 is 1. The van der Waals surface area contributed by atoms with Crippen LogP contribution in [-0.4, -0.2) is 16.9 Å². The van der Waals surface area contributed by atoms with E-state index in [9.17, 15) is 0 Å². The van der Waals surface area contributed by atoms with Crippen molar-refractivity contribution in [3.63, 3.8) is 0 Å². The number of halogens is 1. The van der Waals surface area contributed by atoms with Gasteiger partial charge in [-0.2, -0.15) is 5.10 Å². The molecular weight excluding hydrogens is 270 g/mol. The molecule has 0 spiro atoms. The minimum absolute atomic E-state index is 0.527. The molecule has 0 saturated carbocycles. The van der Waals surface area contributed by atoms with Gasteiger partial charge in [0.2, 0.25) is 0 Å². The van der Waals surface area contributed by atoms with Crippen LogP contribution in [0.3, 0.4) is 0 Å². The van der Waals surface area contributed by atoms with Crippen LogP contribution in [0.15, 0.2) is 34.9 Å². The highest BCUT2D eigenvalue weighted by atomic mass is 79.9. The van der Waals surface area contributed by atoms with Crippen LogP contribution >= 0.6 is 15.9 Å². The quantitative estimate of drug-likeness (QED) is 0.939. The van der Waals surface area contributed by atoms with Crippen molar-refractivity contribution in [1.82, 2.24) is 9.78 Å². The Labute approximate surface area is 102 Å². The van der Waals surface area contributed by atoms with Gasteiger partial charge in [-0.25, -0.2) is 0 Å². The highest BCUT2D eigenvalue weighted by Gasteiger charge is 2.04. The maximum atomic E-state index is 5.56. The first-order chi connectivity index (χ1) is 7.69. The highest BCUT2D eigenvalue weighted by Crippen LogP contribution is 2.23. The fraction of sp³-hybridized carbons (Fsp3) is 0.182. The van der Waals surface area contributed by atoms with E-state index in [0.717, 1.165) is 15.8 Å². The second-order valence-electron chi connectivity index (χ2n) is 3.40. The van der Waals surface area contributed by atoms with Crippen molar-refractivity contribution in [3.05, 3.63) is 40.5 Å². The average molecular weight is 282 g/mol. The third kappa shape index (κ3) is 2.36. The van der Waals surface area contributed by atoms with Gasteiger partial charge >= 0.3 is 0 Å². The van der Waals surface area contributed by atoms with E-state index in [-0.39, 0.29) is 0 Å². The smallest absolute Gasteiger partial charge is 0.145 e. The minimum atomic E-state index is 0.527. The molecule has 0 aliphatic carbocycles. The second-order valence-corrected chi connectivity index (χ2v) is 4.25. The van der Waals surface area contributed by atoms with Gasteiger partial charge in [0.25, 0.3) is 0 Å². The first-order valence-corrected chi connectivity index (χ1v) is 5.59. The fourth-order valence-electron chi connectivity index (χ4n) is 1.44. The molecule has 84 valence electrons. The Morgan fingerprint density at radius 2 is 2.25 bits per heavy atom. The number of aromatic nitrogens is 2. The van der Waals surface area contributed by atoms with Gasteiger partial charge < -0.3 is 10.5 Å². The Bertz CT molecular complexity index is 496. The summed E-state index contributed by atoms with van der Waals surface area (Å²) in [4.78, 5) is 0. The van der Waals surface area contributed by atoms with E-state index >= 15 is 0 Å². The Morgan fingerprint density at radius 1 is 1.44 bits per heavy atom. The molecule has 2 aromatic rings. The maximum absolute atomic E-state index is 5.56. The molecule has 0 aliphatic heterocycles. The molecule has 4 nitrogen and oxygen atoms in total. The van der Waals surface area contributed by atoms with Crippen LogP contribution in [0.2, 0.25) is 0 Å². The van der Waals surface area contributed by atoms with Gasteiger partial charge in [0.1, 0.15) is 11.6 Å². The molecule has 0 aliphatic rings. The van der Waals surface area contributed by atoms with Crippen LogP contribution < -0.4 is 10.5 Å². The monoisotopic (exact) mass is 281 g/mol. The molecule has 0 radical (unpaired) electrons. The molecule has 0 fully saturated rings. The Balaban J connectivity index is 2.26. The summed E-state index contributed by atoms with van der Waals surface area (Å²) in [5.41, 5.74) is 6.66. The maximum Gasteiger partial charge on any atom is 0.145 e. The van der Waals surface area contributed by atoms with Crippen LogP contribution in [0.1, 0.15) is 5.56 Å². The lowest BCUT2D eigenvalue weighted by atomic mass is 10.2. The Morgan fingerprint density at radius 3 is 2.88 bits per heavy atom. The van der Waals surface area contributed by atoms with Crippen molar-refractivity contribution in [2.45, 2.75) is 6.54 Å². The molecule has 2 N–H and O–H groups in total.